The third-order valence-electron chi connectivity index (χ3n) is 4.35. The first-order chi connectivity index (χ1) is 13.7. The van der Waals surface area contributed by atoms with E-state index in [4.69, 9.17) is 0 Å². The van der Waals surface area contributed by atoms with Crippen LogP contribution in [-0.2, 0) is 10.0 Å². The molecule has 0 saturated heterocycles. The Morgan fingerprint density at radius 1 is 1.00 bits per heavy atom. The number of amides is 1. The van der Waals surface area contributed by atoms with Gasteiger partial charge in [0, 0.05) is 17.1 Å². The van der Waals surface area contributed by atoms with E-state index in [0.29, 0.717) is 21.4 Å². The van der Waals surface area contributed by atoms with Crippen LogP contribution in [-0.4, -0.2) is 21.4 Å². The van der Waals surface area contributed by atoms with Crippen molar-refractivity contribution in [2.45, 2.75) is 11.8 Å². The number of hydrogen-bond acceptors (Lipinski definition) is 3. The van der Waals surface area contributed by atoms with Crippen LogP contribution >= 0.6 is 15.9 Å². The van der Waals surface area contributed by atoms with Gasteiger partial charge in [-0.2, -0.15) is 0 Å². The molecule has 29 heavy (non-hydrogen) atoms. The van der Waals surface area contributed by atoms with E-state index in [0.717, 1.165) is 9.87 Å². The van der Waals surface area contributed by atoms with E-state index in [2.05, 4.69) is 21.2 Å². The molecule has 0 atom stereocenters. The average molecular weight is 477 g/mol. The van der Waals surface area contributed by atoms with E-state index in [-0.39, 0.29) is 4.90 Å². The molecule has 0 fully saturated rings. The minimum atomic E-state index is -3.71. The number of aryl methyl sites for hydroxylation is 1. The third kappa shape index (κ3) is 4.65. The Kier molecular flexibility index (Phi) is 6.04. The number of carbonyl (C=O) groups is 1. The summed E-state index contributed by atoms with van der Waals surface area (Å²) in [6.45, 7) is 1.88. The van der Waals surface area contributed by atoms with Crippen LogP contribution in [0.1, 0.15) is 15.9 Å². The highest BCUT2D eigenvalue weighted by atomic mass is 79.9. The lowest BCUT2D eigenvalue weighted by Crippen LogP contribution is -2.26. The number of benzene rings is 3. The fourth-order valence-corrected chi connectivity index (χ4v) is 4.26. The van der Waals surface area contributed by atoms with E-state index in [1.54, 1.807) is 36.4 Å². The predicted molar refractivity (Wildman–Crippen MR) is 115 cm³/mol. The summed E-state index contributed by atoms with van der Waals surface area (Å²) in [5.41, 5.74) is 2.16. The van der Waals surface area contributed by atoms with Gasteiger partial charge in [0.1, 0.15) is 5.82 Å². The Morgan fingerprint density at radius 3 is 2.21 bits per heavy atom. The van der Waals surface area contributed by atoms with Crippen molar-refractivity contribution >= 4 is 43.2 Å². The molecular weight excluding hydrogens is 459 g/mol. The molecule has 0 aliphatic heterocycles. The van der Waals surface area contributed by atoms with Crippen molar-refractivity contribution in [3.63, 3.8) is 0 Å². The molecule has 0 unspecified atom stereocenters. The predicted octanol–water partition coefficient (Wildman–Crippen LogP) is 4.97. The van der Waals surface area contributed by atoms with Gasteiger partial charge in [-0.05, 0) is 77.5 Å². The minimum Gasteiger partial charge on any atom is -0.321 e. The van der Waals surface area contributed by atoms with Gasteiger partial charge < -0.3 is 5.32 Å². The summed E-state index contributed by atoms with van der Waals surface area (Å²) in [5, 5.41) is 2.68. The van der Waals surface area contributed by atoms with Gasteiger partial charge >= 0.3 is 0 Å². The van der Waals surface area contributed by atoms with Crippen LogP contribution < -0.4 is 9.62 Å². The first-order valence-corrected chi connectivity index (χ1v) is 10.8. The number of nitrogens with one attached hydrogen (secondary N) is 1. The van der Waals surface area contributed by atoms with Crippen molar-refractivity contribution in [1.82, 2.24) is 0 Å². The van der Waals surface area contributed by atoms with Gasteiger partial charge in [0.15, 0.2) is 0 Å². The van der Waals surface area contributed by atoms with Crippen LogP contribution in [0.5, 0.6) is 0 Å². The SMILES string of the molecule is Cc1ccc(S(=O)(=O)N(C)c2ccc(C(=O)Nc3ccc(F)cc3Br)cc2)cc1. The van der Waals surface area contributed by atoms with Crippen LogP contribution in [0.4, 0.5) is 15.8 Å². The smallest absolute Gasteiger partial charge is 0.264 e. The third-order valence-corrected chi connectivity index (χ3v) is 6.81. The maximum atomic E-state index is 13.2. The van der Waals surface area contributed by atoms with Crippen LogP contribution in [0.15, 0.2) is 76.1 Å². The fraction of sp³-hybridized carbons (Fsp3) is 0.0952. The first kappa shape index (κ1) is 21.0. The molecule has 3 aromatic carbocycles. The van der Waals surface area contributed by atoms with Crippen molar-refractivity contribution in [2.75, 3.05) is 16.7 Å². The van der Waals surface area contributed by atoms with Gasteiger partial charge in [0.05, 0.1) is 16.3 Å². The molecule has 0 heterocycles. The fourth-order valence-electron chi connectivity index (χ4n) is 2.62. The summed E-state index contributed by atoms with van der Waals surface area (Å²) in [5.74, 6) is -0.815. The molecule has 8 heteroatoms. The molecule has 3 rings (SSSR count). The summed E-state index contributed by atoms with van der Waals surface area (Å²) in [7, 11) is -2.25. The Balaban J connectivity index is 1.78. The van der Waals surface area contributed by atoms with Gasteiger partial charge in [-0.15, -0.1) is 0 Å². The second-order valence-electron chi connectivity index (χ2n) is 6.41. The lowest BCUT2D eigenvalue weighted by atomic mass is 10.2. The number of hydrogen-bond donors (Lipinski definition) is 1. The summed E-state index contributed by atoms with van der Waals surface area (Å²) in [6.07, 6.45) is 0. The van der Waals surface area contributed by atoms with Gasteiger partial charge in [-0.25, -0.2) is 12.8 Å². The summed E-state index contributed by atoms with van der Waals surface area (Å²) < 4.78 is 40.3. The van der Waals surface area contributed by atoms with Gasteiger partial charge in [0.25, 0.3) is 15.9 Å². The second kappa shape index (κ2) is 8.34. The normalized spacial score (nSPS) is 11.2. The molecule has 1 amide bonds. The molecule has 0 spiro atoms. The van der Waals surface area contributed by atoms with E-state index < -0.39 is 21.7 Å². The van der Waals surface area contributed by atoms with E-state index in [9.17, 15) is 17.6 Å². The zero-order valence-corrected chi connectivity index (χ0v) is 18.1. The highest BCUT2D eigenvalue weighted by Gasteiger charge is 2.21. The molecule has 1 N–H and O–H groups in total. The lowest BCUT2D eigenvalue weighted by molar-refractivity contribution is 0.102. The quantitative estimate of drug-likeness (QED) is 0.564. The minimum absolute atomic E-state index is 0.188. The number of halogens is 2. The van der Waals surface area contributed by atoms with Crippen LogP contribution in [0.2, 0.25) is 0 Å². The number of nitrogens with zero attached hydrogens (tertiary/aromatic N) is 1. The number of anilines is 2. The molecule has 3 aromatic rings. The van der Waals surface area contributed by atoms with Crippen LogP contribution in [0.3, 0.4) is 0 Å². The van der Waals surface area contributed by atoms with Gasteiger partial charge in [0.2, 0.25) is 0 Å². The standard InChI is InChI=1S/C21H18BrFN2O3S/c1-14-3-10-18(11-4-14)29(27,28)25(2)17-8-5-15(6-9-17)21(26)24-20-12-7-16(23)13-19(20)22/h3-13H,1-2H3,(H,24,26). The van der Waals surface area contributed by atoms with Crippen molar-refractivity contribution in [2.24, 2.45) is 0 Å². The van der Waals surface area contributed by atoms with E-state index >= 15 is 0 Å². The highest BCUT2D eigenvalue weighted by molar-refractivity contribution is 9.10. The Morgan fingerprint density at radius 2 is 1.62 bits per heavy atom. The molecular formula is C21H18BrFN2O3S. The van der Waals surface area contributed by atoms with Crippen molar-refractivity contribution in [1.29, 1.82) is 0 Å². The Bertz CT molecular complexity index is 1150. The molecule has 0 radical (unpaired) electrons. The summed E-state index contributed by atoms with van der Waals surface area (Å²) in [6, 6.07) is 16.7. The molecule has 0 bridgehead atoms. The van der Waals surface area contributed by atoms with Crippen molar-refractivity contribution in [3.05, 3.63) is 88.1 Å². The Hall–Kier alpha value is -2.71. The topological polar surface area (TPSA) is 66.5 Å². The monoisotopic (exact) mass is 476 g/mol. The molecule has 0 aliphatic carbocycles. The maximum absolute atomic E-state index is 13.2. The maximum Gasteiger partial charge on any atom is 0.264 e. The highest BCUT2D eigenvalue weighted by Crippen LogP contribution is 2.25. The largest absolute Gasteiger partial charge is 0.321 e. The molecule has 150 valence electrons. The van der Waals surface area contributed by atoms with E-state index in [1.807, 2.05) is 6.92 Å². The van der Waals surface area contributed by atoms with E-state index in [1.165, 1.54) is 37.4 Å². The second-order valence-corrected chi connectivity index (χ2v) is 9.23. The lowest BCUT2D eigenvalue weighted by Gasteiger charge is -2.20. The zero-order valence-electron chi connectivity index (χ0n) is 15.7. The Labute approximate surface area is 177 Å². The van der Waals surface area contributed by atoms with Gasteiger partial charge in [-0.1, -0.05) is 17.7 Å². The average Bonchev–Trinajstić information content (AvgIpc) is 2.70. The first-order valence-electron chi connectivity index (χ1n) is 8.60. The molecule has 0 saturated carbocycles. The molecule has 5 nitrogen and oxygen atoms in total. The number of carbonyl (C=O) groups excluding carboxylic acids is 1. The van der Waals surface area contributed by atoms with Crippen LogP contribution in [0.25, 0.3) is 0 Å². The summed E-state index contributed by atoms with van der Waals surface area (Å²) in [4.78, 5) is 12.6. The van der Waals surface area contributed by atoms with Crippen molar-refractivity contribution in [3.8, 4) is 0 Å². The molecule has 0 aromatic heterocycles. The number of rotatable bonds is 5. The van der Waals surface area contributed by atoms with Crippen LogP contribution in [0, 0.1) is 12.7 Å². The molecule has 0 aliphatic rings. The van der Waals surface area contributed by atoms with Gasteiger partial charge in [-0.3, -0.25) is 9.10 Å². The zero-order chi connectivity index (χ0) is 21.2. The number of sulfonamides is 1. The summed E-state index contributed by atoms with van der Waals surface area (Å²) >= 11 is 3.20. The van der Waals surface area contributed by atoms with Crippen molar-refractivity contribution < 1.29 is 17.6 Å².